The van der Waals surface area contributed by atoms with E-state index < -0.39 is 10.8 Å². The lowest BCUT2D eigenvalue weighted by Gasteiger charge is -2.21. The lowest BCUT2D eigenvalue weighted by molar-refractivity contribution is -0.384. The Kier molecular flexibility index (Phi) is 7.13. The van der Waals surface area contributed by atoms with Crippen LogP contribution in [0.5, 0.6) is 5.75 Å². The normalized spacial score (nSPS) is 10.2. The summed E-state index contributed by atoms with van der Waals surface area (Å²) in [5.74, 6) is -0.160. The molecule has 0 radical (unpaired) electrons. The van der Waals surface area contributed by atoms with E-state index >= 15 is 0 Å². The maximum Gasteiger partial charge on any atom is 0.293 e. The molecular weight excluding hydrogens is 376 g/mol. The third-order valence-electron chi connectivity index (χ3n) is 4.28. The molecule has 0 aliphatic carbocycles. The fourth-order valence-corrected chi connectivity index (χ4v) is 2.74. The Morgan fingerprint density at radius 1 is 1.14 bits per heavy atom. The molecule has 9 heteroatoms. The van der Waals surface area contributed by atoms with Gasteiger partial charge in [-0.25, -0.2) is 0 Å². The second kappa shape index (κ2) is 9.54. The van der Waals surface area contributed by atoms with E-state index in [0.717, 1.165) is 0 Å². The molecule has 1 N–H and O–H groups in total. The zero-order valence-corrected chi connectivity index (χ0v) is 16.8. The average Bonchev–Trinajstić information content (AvgIpc) is 2.71. The number of carbonyl (C=O) groups is 2. The van der Waals surface area contributed by atoms with Gasteiger partial charge in [0.2, 0.25) is 5.91 Å². The highest BCUT2D eigenvalue weighted by Gasteiger charge is 2.22. The SMILES string of the molecule is CCN(CC(=O)Nc1ccc(OC)cc1)C(=O)c1ccc(N(C)C)c([N+](=O)[O-])c1. The predicted molar refractivity (Wildman–Crippen MR) is 111 cm³/mol. The van der Waals surface area contributed by atoms with Gasteiger partial charge >= 0.3 is 0 Å². The molecule has 2 aromatic carbocycles. The van der Waals surface area contributed by atoms with Crippen molar-refractivity contribution in [3.8, 4) is 5.75 Å². The number of hydrogen-bond donors (Lipinski definition) is 1. The number of nitro benzene ring substituents is 1. The number of methoxy groups -OCH3 is 1. The summed E-state index contributed by atoms with van der Waals surface area (Å²) in [6.07, 6.45) is 0. The minimum atomic E-state index is -0.529. The van der Waals surface area contributed by atoms with Crippen LogP contribution in [0.1, 0.15) is 17.3 Å². The zero-order chi connectivity index (χ0) is 21.6. The van der Waals surface area contributed by atoms with Crippen molar-refractivity contribution in [2.24, 2.45) is 0 Å². The van der Waals surface area contributed by atoms with E-state index in [1.165, 1.54) is 23.1 Å². The molecule has 0 fully saturated rings. The maximum atomic E-state index is 12.8. The van der Waals surface area contributed by atoms with Gasteiger partial charge in [0, 0.05) is 38.0 Å². The molecule has 0 bridgehead atoms. The van der Waals surface area contributed by atoms with Gasteiger partial charge in [-0.3, -0.25) is 19.7 Å². The van der Waals surface area contributed by atoms with E-state index in [4.69, 9.17) is 4.74 Å². The summed E-state index contributed by atoms with van der Waals surface area (Å²) in [6.45, 7) is 1.84. The maximum absolute atomic E-state index is 12.8. The van der Waals surface area contributed by atoms with Gasteiger partial charge in [-0.15, -0.1) is 0 Å². The molecule has 2 rings (SSSR count). The number of nitro groups is 1. The number of nitrogens with one attached hydrogen (secondary N) is 1. The molecule has 2 amide bonds. The molecule has 2 aromatic rings. The molecule has 0 heterocycles. The van der Waals surface area contributed by atoms with E-state index in [2.05, 4.69) is 5.32 Å². The summed E-state index contributed by atoms with van der Waals surface area (Å²) in [4.78, 5) is 38.9. The monoisotopic (exact) mass is 400 g/mol. The van der Waals surface area contributed by atoms with Crippen molar-refractivity contribution in [1.29, 1.82) is 0 Å². The van der Waals surface area contributed by atoms with Gasteiger partial charge in [-0.2, -0.15) is 0 Å². The number of benzene rings is 2. The van der Waals surface area contributed by atoms with Crippen LogP contribution < -0.4 is 15.0 Å². The third kappa shape index (κ3) is 5.44. The van der Waals surface area contributed by atoms with Crippen LogP contribution in [-0.4, -0.2) is 55.9 Å². The number of likely N-dealkylation sites (N-methyl/N-ethyl adjacent to an activating group) is 1. The van der Waals surface area contributed by atoms with Crippen LogP contribution in [0.15, 0.2) is 42.5 Å². The van der Waals surface area contributed by atoms with Gasteiger partial charge in [0.1, 0.15) is 18.0 Å². The van der Waals surface area contributed by atoms with Crippen LogP contribution in [0.3, 0.4) is 0 Å². The number of amides is 2. The summed E-state index contributed by atoms with van der Waals surface area (Å²) in [7, 11) is 4.92. The largest absolute Gasteiger partial charge is 0.497 e. The topological polar surface area (TPSA) is 105 Å². The number of anilines is 2. The Balaban J connectivity index is 2.14. The van der Waals surface area contributed by atoms with Crippen LogP contribution in [-0.2, 0) is 4.79 Å². The summed E-state index contributed by atoms with van der Waals surface area (Å²) in [6, 6.07) is 11.1. The van der Waals surface area contributed by atoms with Crippen LogP contribution in [0.25, 0.3) is 0 Å². The number of ether oxygens (including phenoxy) is 1. The Hall–Kier alpha value is -3.62. The Morgan fingerprint density at radius 3 is 2.31 bits per heavy atom. The van der Waals surface area contributed by atoms with Gasteiger partial charge in [-0.1, -0.05) is 0 Å². The minimum Gasteiger partial charge on any atom is -0.497 e. The van der Waals surface area contributed by atoms with Gasteiger partial charge < -0.3 is 19.9 Å². The highest BCUT2D eigenvalue weighted by atomic mass is 16.6. The lowest BCUT2D eigenvalue weighted by Crippen LogP contribution is -2.37. The lowest BCUT2D eigenvalue weighted by atomic mass is 10.1. The molecule has 154 valence electrons. The summed E-state index contributed by atoms with van der Waals surface area (Å²) >= 11 is 0. The quantitative estimate of drug-likeness (QED) is 0.540. The summed E-state index contributed by atoms with van der Waals surface area (Å²) < 4.78 is 5.07. The number of nitrogens with zero attached hydrogens (tertiary/aromatic N) is 3. The molecule has 0 aliphatic rings. The first-order chi connectivity index (χ1) is 13.8. The van der Waals surface area contributed by atoms with Crippen molar-refractivity contribution in [3.63, 3.8) is 0 Å². The highest BCUT2D eigenvalue weighted by molar-refractivity contribution is 6.00. The molecule has 0 spiro atoms. The molecule has 0 aromatic heterocycles. The third-order valence-corrected chi connectivity index (χ3v) is 4.28. The van der Waals surface area contributed by atoms with E-state index in [-0.39, 0.29) is 30.2 Å². The molecule has 0 aliphatic heterocycles. The second-order valence-corrected chi connectivity index (χ2v) is 6.45. The number of rotatable bonds is 8. The first-order valence-corrected chi connectivity index (χ1v) is 8.95. The Morgan fingerprint density at radius 2 is 1.79 bits per heavy atom. The van der Waals surface area contributed by atoms with E-state index in [1.54, 1.807) is 57.3 Å². The standard InChI is InChI=1S/C20H24N4O5/c1-5-23(13-19(25)21-15-7-9-16(29-4)10-8-15)20(26)14-6-11-17(22(2)3)18(12-14)24(27)28/h6-12H,5,13H2,1-4H3,(H,21,25). The van der Waals surface area contributed by atoms with Crippen molar-refractivity contribution in [3.05, 3.63) is 58.1 Å². The fourth-order valence-electron chi connectivity index (χ4n) is 2.74. The molecule has 0 unspecified atom stereocenters. The van der Waals surface area contributed by atoms with Gasteiger partial charge in [0.05, 0.1) is 12.0 Å². The summed E-state index contributed by atoms with van der Waals surface area (Å²) in [5, 5.41) is 14.1. The molecule has 0 atom stereocenters. The fraction of sp³-hybridized carbons (Fsp3) is 0.300. The molecule has 9 nitrogen and oxygen atoms in total. The van der Waals surface area contributed by atoms with Crippen molar-refractivity contribution < 1.29 is 19.2 Å². The Bertz CT molecular complexity index is 896. The smallest absolute Gasteiger partial charge is 0.293 e. The van der Waals surface area contributed by atoms with Gasteiger partial charge in [-0.05, 0) is 43.3 Å². The Labute approximate surface area is 169 Å². The van der Waals surface area contributed by atoms with Crippen molar-refractivity contribution in [2.45, 2.75) is 6.92 Å². The van der Waals surface area contributed by atoms with Gasteiger partial charge in [0.15, 0.2) is 0 Å². The molecular formula is C20H24N4O5. The average molecular weight is 400 g/mol. The second-order valence-electron chi connectivity index (χ2n) is 6.45. The molecule has 0 saturated heterocycles. The predicted octanol–water partition coefficient (Wildman–Crippen LogP) is 2.77. The van der Waals surface area contributed by atoms with Crippen molar-refractivity contribution in [1.82, 2.24) is 4.90 Å². The van der Waals surface area contributed by atoms with Gasteiger partial charge in [0.25, 0.3) is 11.6 Å². The van der Waals surface area contributed by atoms with Crippen LogP contribution in [0, 0.1) is 10.1 Å². The number of carbonyl (C=O) groups excluding carboxylic acids is 2. The molecule has 29 heavy (non-hydrogen) atoms. The van der Waals surface area contributed by atoms with E-state index in [9.17, 15) is 19.7 Å². The van der Waals surface area contributed by atoms with Crippen LogP contribution >= 0.6 is 0 Å². The first kappa shape index (κ1) is 21.7. The number of hydrogen-bond acceptors (Lipinski definition) is 6. The van der Waals surface area contributed by atoms with Crippen LogP contribution in [0.2, 0.25) is 0 Å². The van der Waals surface area contributed by atoms with Crippen molar-refractivity contribution in [2.75, 3.05) is 44.5 Å². The minimum absolute atomic E-state index is 0.154. The zero-order valence-electron chi connectivity index (χ0n) is 16.8. The highest BCUT2D eigenvalue weighted by Crippen LogP contribution is 2.28. The first-order valence-electron chi connectivity index (χ1n) is 8.95. The molecule has 0 saturated carbocycles. The van der Waals surface area contributed by atoms with Crippen molar-refractivity contribution >= 4 is 28.9 Å². The van der Waals surface area contributed by atoms with E-state index in [0.29, 0.717) is 17.1 Å². The van der Waals surface area contributed by atoms with E-state index in [1.807, 2.05) is 0 Å². The summed E-state index contributed by atoms with van der Waals surface area (Å²) in [5.41, 5.74) is 0.957. The van der Waals surface area contributed by atoms with Crippen LogP contribution in [0.4, 0.5) is 17.1 Å².